The van der Waals surface area contributed by atoms with Crippen LogP contribution in [0.1, 0.15) is 16.1 Å². The lowest BCUT2D eigenvalue weighted by atomic mass is 10.2. The maximum Gasteiger partial charge on any atom is 0.417 e. The van der Waals surface area contributed by atoms with Crippen molar-refractivity contribution >= 4 is 22.8 Å². The molecule has 2 aromatic heterocycles. The zero-order chi connectivity index (χ0) is 22.7. The van der Waals surface area contributed by atoms with E-state index in [1.807, 2.05) is 0 Å². The minimum absolute atomic E-state index is 0.0213. The molecule has 1 saturated heterocycles. The highest BCUT2D eigenvalue weighted by molar-refractivity contribution is 5.95. The fourth-order valence-corrected chi connectivity index (χ4v) is 3.14. The number of pyridine rings is 2. The van der Waals surface area contributed by atoms with Crippen molar-refractivity contribution in [2.45, 2.75) is 6.18 Å². The van der Waals surface area contributed by atoms with E-state index in [1.54, 1.807) is 35.2 Å². The summed E-state index contributed by atoms with van der Waals surface area (Å²) in [5, 5.41) is 6.10. The van der Waals surface area contributed by atoms with Crippen LogP contribution in [-0.4, -0.2) is 53.0 Å². The maximum absolute atomic E-state index is 12.6. The quantitative estimate of drug-likeness (QED) is 0.608. The van der Waals surface area contributed by atoms with Gasteiger partial charge in [0.15, 0.2) is 0 Å². The molecule has 1 aliphatic rings. The van der Waals surface area contributed by atoms with Gasteiger partial charge in [-0.15, -0.1) is 0 Å². The zero-order valence-electron chi connectivity index (χ0n) is 16.6. The number of halogens is 3. The van der Waals surface area contributed by atoms with Crippen molar-refractivity contribution in [2.75, 3.05) is 26.2 Å². The van der Waals surface area contributed by atoms with Gasteiger partial charge in [0.05, 0.1) is 11.1 Å². The third-order valence-electron chi connectivity index (χ3n) is 4.79. The Morgan fingerprint density at radius 3 is 2.72 bits per heavy atom. The van der Waals surface area contributed by atoms with Crippen LogP contribution >= 0.6 is 0 Å². The van der Waals surface area contributed by atoms with E-state index in [9.17, 15) is 22.8 Å². The van der Waals surface area contributed by atoms with Crippen molar-refractivity contribution in [3.63, 3.8) is 0 Å². The first kappa shape index (κ1) is 21.3. The lowest BCUT2D eigenvalue weighted by Gasteiger charge is -2.14. The summed E-state index contributed by atoms with van der Waals surface area (Å²) in [4.78, 5) is 33.5. The number of urea groups is 1. The van der Waals surface area contributed by atoms with Crippen molar-refractivity contribution in [3.05, 3.63) is 59.9 Å². The molecule has 0 unspecified atom stereocenters. The number of nitrogens with one attached hydrogen (secondary N) is 2. The summed E-state index contributed by atoms with van der Waals surface area (Å²) in [6.45, 7) is 1.91. The van der Waals surface area contributed by atoms with E-state index in [0.29, 0.717) is 49.0 Å². The summed E-state index contributed by atoms with van der Waals surface area (Å²) >= 11 is 0. The first-order valence-electron chi connectivity index (χ1n) is 9.72. The van der Waals surface area contributed by atoms with Gasteiger partial charge >= 0.3 is 12.2 Å². The van der Waals surface area contributed by atoms with Crippen molar-refractivity contribution in [1.29, 1.82) is 0 Å². The van der Waals surface area contributed by atoms with Gasteiger partial charge in [0.2, 0.25) is 5.88 Å². The number of fused-ring (bicyclic) bond motifs is 1. The van der Waals surface area contributed by atoms with Gasteiger partial charge in [-0.2, -0.15) is 13.2 Å². The normalized spacial score (nSPS) is 13.8. The summed E-state index contributed by atoms with van der Waals surface area (Å²) in [6.07, 6.45) is -3.76. The van der Waals surface area contributed by atoms with Gasteiger partial charge < -0.3 is 20.3 Å². The van der Waals surface area contributed by atoms with Crippen molar-refractivity contribution < 1.29 is 27.5 Å². The maximum atomic E-state index is 12.6. The van der Waals surface area contributed by atoms with Crippen LogP contribution in [0, 0.1) is 0 Å². The highest BCUT2D eigenvalue weighted by Crippen LogP contribution is 2.30. The van der Waals surface area contributed by atoms with Crippen molar-refractivity contribution in [2.24, 2.45) is 0 Å². The van der Waals surface area contributed by atoms with Crippen LogP contribution in [0.25, 0.3) is 10.9 Å². The molecule has 1 aromatic carbocycles. The molecule has 0 bridgehead atoms. The van der Waals surface area contributed by atoms with E-state index >= 15 is 0 Å². The van der Waals surface area contributed by atoms with Crippen LogP contribution in [0.2, 0.25) is 0 Å². The Morgan fingerprint density at radius 2 is 2.03 bits per heavy atom. The Kier molecular flexibility index (Phi) is 5.80. The van der Waals surface area contributed by atoms with E-state index in [-0.39, 0.29) is 23.5 Å². The third kappa shape index (κ3) is 4.88. The summed E-state index contributed by atoms with van der Waals surface area (Å²) in [5.41, 5.74) is -0.0900. The molecule has 3 heterocycles. The molecule has 3 amide bonds. The number of ether oxygens (including phenoxy) is 1. The third-order valence-corrected chi connectivity index (χ3v) is 4.79. The number of rotatable bonds is 6. The van der Waals surface area contributed by atoms with Gasteiger partial charge in [-0.1, -0.05) is 6.07 Å². The second-order valence-corrected chi connectivity index (χ2v) is 7.01. The van der Waals surface area contributed by atoms with E-state index in [2.05, 4.69) is 20.6 Å². The Labute approximate surface area is 180 Å². The molecule has 0 spiro atoms. The Balaban J connectivity index is 1.39. The lowest BCUT2D eigenvalue weighted by Crippen LogP contribution is -2.37. The number of amides is 3. The van der Waals surface area contributed by atoms with Gasteiger partial charge in [-0.3, -0.25) is 4.79 Å². The van der Waals surface area contributed by atoms with Gasteiger partial charge in [0.1, 0.15) is 11.4 Å². The smallest absolute Gasteiger partial charge is 0.417 e. The van der Waals surface area contributed by atoms with Crippen molar-refractivity contribution in [3.8, 4) is 11.6 Å². The van der Waals surface area contributed by atoms with Gasteiger partial charge in [0, 0.05) is 43.8 Å². The predicted octanol–water partition coefficient (Wildman–Crippen LogP) is 3.20. The number of alkyl halides is 3. The standard InChI is InChI=1S/C21H18F3N5O3/c22-21(23,24)14-2-6-18(27-12-14)32-15-3-5-16-13(11-15)1-4-17(28-16)19(30)25-7-9-29-10-8-26-20(29)31/h1-6,11-12H,7-10H2,(H,25,30)(H,26,31). The van der Waals surface area contributed by atoms with Gasteiger partial charge in [0.25, 0.3) is 5.91 Å². The molecule has 2 N–H and O–H groups in total. The van der Waals surface area contributed by atoms with E-state index in [1.165, 1.54) is 0 Å². The van der Waals surface area contributed by atoms with Gasteiger partial charge in [-0.05, 0) is 30.3 Å². The molecule has 0 atom stereocenters. The molecule has 0 saturated carbocycles. The second kappa shape index (κ2) is 8.69. The fraction of sp³-hybridized carbons (Fsp3) is 0.238. The summed E-state index contributed by atoms with van der Waals surface area (Å²) in [5.74, 6) is 0.0291. The van der Waals surface area contributed by atoms with Crippen LogP contribution < -0.4 is 15.4 Å². The molecule has 0 radical (unpaired) electrons. The van der Waals surface area contributed by atoms with Crippen LogP contribution in [-0.2, 0) is 6.18 Å². The fourth-order valence-electron chi connectivity index (χ4n) is 3.14. The molecule has 166 valence electrons. The molecule has 4 rings (SSSR count). The minimum Gasteiger partial charge on any atom is -0.439 e. The number of hydrogen-bond acceptors (Lipinski definition) is 5. The number of carbonyl (C=O) groups is 2. The molecule has 8 nitrogen and oxygen atoms in total. The summed E-state index contributed by atoms with van der Waals surface area (Å²) < 4.78 is 43.4. The topological polar surface area (TPSA) is 96.5 Å². The number of hydrogen-bond donors (Lipinski definition) is 2. The van der Waals surface area contributed by atoms with Crippen molar-refractivity contribution in [1.82, 2.24) is 25.5 Å². The monoisotopic (exact) mass is 445 g/mol. The summed E-state index contributed by atoms with van der Waals surface area (Å²) in [6, 6.07) is 10.0. The summed E-state index contributed by atoms with van der Waals surface area (Å²) in [7, 11) is 0. The number of nitrogens with zero attached hydrogens (tertiary/aromatic N) is 3. The SMILES string of the molecule is O=C(NCCN1CCNC1=O)c1ccc2cc(Oc3ccc(C(F)(F)F)cn3)ccc2n1. The average Bonchev–Trinajstić information content (AvgIpc) is 3.17. The largest absolute Gasteiger partial charge is 0.439 e. The van der Waals surface area contributed by atoms with Crippen LogP contribution in [0.5, 0.6) is 11.6 Å². The molecule has 1 aliphatic heterocycles. The van der Waals surface area contributed by atoms with E-state index in [4.69, 9.17) is 4.74 Å². The second-order valence-electron chi connectivity index (χ2n) is 7.01. The molecule has 0 aliphatic carbocycles. The average molecular weight is 445 g/mol. The first-order valence-corrected chi connectivity index (χ1v) is 9.72. The zero-order valence-corrected chi connectivity index (χ0v) is 16.6. The molecular formula is C21H18F3N5O3. The molecule has 3 aromatic rings. The Bertz CT molecular complexity index is 1150. The van der Waals surface area contributed by atoms with E-state index in [0.717, 1.165) is 12.1 Å². The number of benzene rings is 1. The Hall–Kier alpha value is -3.89. The first-order chi connectivity index (χ1) is 15.3. The molecule has 11 heteroatoms. The lowest BCUT2D eigenvalue weighted by molar-refractivity contribution is -0.137. The Morgan fingerprint density at radius 1 is 1.19 bits per heavy atom. The van der Waals surface area contributed by atoms with Crippen LogP contribution in [0.3, 0.4) is 0 Å². The van der Waals surface area contributed by atoms with Crippen LogP contribution in [0.15, 0.2) is 48.7 Å². The molecular weight excluding hydrogens is 427 g/mol. The highest BCUT2D eigenvalue weighted by Gasteiger charge is 2.30. The molecule has 32 heavy (non-hydrogen) atoms. The number of carbonyl (C=O) groups excluding carboxylic acids is 2. The van der Waals surface area contributed by atoms with Gasteiger partial charge in [-0.25, -0.2) is 14.8 Å². The highest BCUT2D eigenvalue weighted by atomic mass is 19.4. The van der Waals surface area contributed by atoms with E-state index < -0.39 is 11.7 Å². The molecule has 1 fully saturated rings. The minimum atomic E-state index is -4.47. The van der Waals surface area contributed by atoms with Crippen LogP contribution in [0.4, 0.5) is 18.0 Å². The number of aromatic nitrogens is 2. The predicted molar refractivity (Wildman–Crippen MR) is 108 cm³/mol.